The number of anilines is 1. The Morgan fingerprint density at radius 1 is 1.38 bits per heavy atom. The average Bonchev–Trinajstić information content (AvgIpc) is 3.33. The lowest BCUT2D eigenvalue weighted by Gasteiger charge is -2.35. The van der Waals surface area contributed by atoms with Crippen molar-refractivity contribution in [3.8, 4) is 0 Å². The van der Waals surface area contributed by atoms with Gasteiger partial charge in [-0.3, -0.25) is 0 Å². The van der Waals surface area contributed by atoms with Gasteiger partial charge in [-0.05, 0) is 46.0 Å². The molecule has 1 spiro atoms. The highest BCUT2D eigenvalue weighted by Gasteiger charge is 2.46. The van der Waals surface area contributed by atoms with Crippen LogP contribution in [0.15, 0.2) is 0 Å². The molecule has 1 atom stereocenters. The van der Waals surface area contributed by atoms with Crippen LogP contribution in [-0.2, 0) is 16.8 Å². The zero-order valence-corrected chi connectivity index (χ0v) is 16.0. The number of nitrogens with one attached hydrogen (secondary N) is 2. The van der Waals surface area contributed by atoms with Crippen LogP contribution in [-0.4, -0.2) is 53.2 Å². The van der Waals surface area contributed by atoms with Gasteiger partial charge in [-0.1, -0.05) is 0 Å². The molecule has 1 saturated heterocycles. The van der Waals surface area contributed by atoms with E-state index in [0.29, 0.717) is 19.8 Å². The second-order valence-electron chi connectivity index (χ2n) is 8.33. The van der Waals surface area contributed by atoms with Gasteiger partial charge in [0, 0.05) is 36.9 Å². The SMILES string of the molecule is Cc1nc(NCC2CC2)nc2c1COC[C@@]21CCN(C(=O)NC(C)C)C1. The molecule has 3 aliphatic rings. The summed E-state index contributed by atoms with van der Waals surface area (Å²) in [4.78, 5) is 23.9. The number of carbonyl (C=O) groups excluding carboxylic acids is 1. The molecule has 7 nitrogen and oxygen atoms in total. The normalized spacial score (nSPS) is 24.8. The molecule has 1 aromatic heterocycles. The summed E-state index contributed by atoms with van der Waals surface area (Å²) in [6.07, 6.45) is 3.48. The summed E-state index contributed by atoms with van der Waals surface area (Å²) in [5, 5.41) is 6.40. The average molecular weight is 359 g/mol. The lowest BCUT2D eigenvalue weighted by Crippen LogP contribution is -2.46. The van der Waals surface area contributed by atoms with E-state index in [4.69, 9.17) is 9.72 Å². The Hall–Kier alpha value is -1.89. The molecule has 2 fully saturated rings. The van der Waals surface area contributed by atoms with Gasteiger partial charge in [0.1, 0.15) is 0 Å². The number of hydrogen-bond donors (Lipinski definition) is 2. The van der Waals surface area contributed by atoms with Crippen molar-refractivity contribution in [2.45, 2.75) is 58.1 Å². The van der Waals surface area contributed by atoms with Gasteiger partial charge in [0.05, 0.1) is 24.3 Å². The number of aromatic nitrogens is 2. The van der Waals surface area contributed by atoms with Crippen LogP contribution >= 0.6 is 0 Å². The van der Waals surface area contributed by atoms with Crippen LogP contribution in [0.4, 0.5) is 10.7 Å². The molecule has 0 radical (unpaired) electrons. The highest BCUT2D eigenvalue weighted by Crippen LogP contribution is 2.40. The van der Waals surface area contributed by atoms with Gasteiger partial charge in [0.25, 0.3) is 0 Å². The third kappa shape index (κ3) is 3.37. The number of hydrogen-bond acceptors (Lipinski definition) is 5. The van der Waals surface area contributed by atoms with E-state index < -0.39 is 0 Å². The summed E-state index contributed by atoms with van der Waals surface area (Å²) in [6.45, 7) is 9.50. The van der Waals surface area contributed by atoms with Crippen molar-refractivity contribution in [3.05, 3.63) is 17.0 Å². The lowest BCUT2D eigenvalue weighted by atomic mass is 9.80. The first-order chi connectivity index (χ1) is 12.5. The standard InChI is InChI=1S/C19H29N5O2/c1-12(2)21-18(25)24-7-6-19(10-24)11-26-9-15-13(3)22-17(23-16(15)19)20-8-14-4-5-14/h12,14H,4-11H2,1-3H3,(H,21,25)(H,20,22,23)/t19-/m0/s1. The smallest absolute Gasteiger partial charge is 0.317 e. The second kappa shape index (κ2) is 6.68. The summed E-state index contributed by atoms with van der Waals surface area (Å²) in [5.41, 5.74) is 2.94. The van der Waals surface area contributed by atoms with E-state index in [1.807, 2.05) is 25.7 Å². The fourth-order valence-corrected chi connectivity index (χ4v) is 3.96. The van der Waals surface area contributed by atoms with Gasteiger partial charge < -0.3 is 20.3 Å². The molecule has 7 heteroatoms. The van der Waals surface area contributed by atoms with Gasteiger partial charge in [-0.15, -0.1) is 0 Å². The summed E-state index contributed by atoms with van der Waals surface area (Å²) in [5.74, 6) is 1.49. The van der Waals surface area contributed by atoms with Gasteiger partial charge in [-0.2, -0.15) is 0 Å². The third-order valence-corrected chi connectivity index (χ3v) is 5.64. The predicted octanol–water partition coefficient (Wildman–Crippen LogP) is 2.20. The van der Waals surface area contributed by atoms with Crippen LogP contribution in [0.3, 0.4) is 0 Å². The van der Waals surface area contributed by atoms with Gasteiger partial charge in [0.15, 0.2) is 0 Å². The van der Waals surface area contributed by atoms with Crippen molar-refractivity contribution in [2.24, 2.45) is 5.92 Å². The largest absolute Gasteiger partial charge is 0.376 e. The van der Waals surface area contributed by atoms with Crippen molar-refractivity contribution < 1.29 is 9.53 Å². The number of amides is 2. The fraction of sp³-hybridized carbons (Fsp3) is 0.737. The molecule has 0 bridgehead atoms. The number of likely N-dealkylation sites (tertiary alicyclic amines) is 1. The van der Waals surface area contributed by atoms with E-state index in [2.05, 4.69) is 15.6 Å². The quantitative estimate of drug-likeness (QED) is 0.862. The van der Waals surface area contributed by atoms with Crippen molar-refractivity contribution >= 4 is 12.0 Å². The number of ether oxygens (including phenoxy) is 1. The van der Waals surface area contributed by atoms with E-state index in [-0.39, 0.29) is 17.5 Å². The molecule has 4 rings (SSSR count). The molecule has 0 aromatic carbocycles. The molecule has 2 amide bonds. The second-order valence-corrected chi connectivity index (χ2v) is 8.33. The van der Waals surface area contributed by atoms with E-state index in [9.17, 15) is 4.79 Å². The maximum atomic E-state index is 12.4. The van der Waals surface area contributed by atoms with Crippen LogP contribution < -0.4 is 10.6 Å². The number of fused-ring (bicyclic) bond motifs is 2. The van der Waals surface area contributed by atoms with Crippen LogP contribution in [0.5, 0.6) is 0 Å². The summed E-state index contributed by atoms with van der Waals surface area (Å²) in [7, 11) is 0. The maximum Gasteiger partial charge on any atom is 0.317 e. The van der Waals surface area contributed by atoms with E-state index in [1.54, 1.807) is 0 Å². The summed E-state index contributed by atoms with van der Waals surface area (Å²) in [6, 6.07) is 0.138. The minimum Gasteiger partial charge on any atom is -0.376 e. The number of urea groups is 1. The van der Waals surface area contributed by atoms with Crippen molar-refractivity contribution in [1.29, 1.82) is 0 Å². The molecule has 26 heavy (non-hydrogen) atoms. The molecule has 1 saturated carbocycles. The number of carbonyl (C=O) groups is 1. The van der Waals surface area contributed by atoms with Crippen molar-refractivity contribution in [2.75, 3.05) is 31.6 Å². The minimum absolute atomic E-state index is 0.00172. The topological polar surface area (TPSA) is 79.4 Å². The Labute approximate surface area is 154 Å². The Balaban J connectivity index is 1.58. The third-order valence-electron chi connectivity index (χ3n) is 5.64. The molecule has 2 N–H and O–H groups in total. The Kier molecular flexibility index (Phi) is 4.50. The minimum atomic E-state index is -0.217. The Morgan fingerprint density at radius 3 is 2.92 bits per heavy atom. The van der Waals surface area contributed by atoms with Crippen LogP contribution in [0.1, 0.15) is 50.1 Å². The Bertz CT molecular complexity index is 703. The van der Waals surface area contributed by atoms with Crippen LogP contribution in [0.25, 0.3) is 0 Å². The van der Waals surface area contributed by atoms with Gasteiger partial charge >= 0.3 is 6.03 Å². The van der Waals surface area contributed by atoms with Crippen molar-refractivity contribution in [3.63, 3.8) is 0 Å². The predicted molar refractivity (Wildman–Crippen MR) is 99.2 cm³/mol. The molecule has 1 aliphatic carbocycles. The van der Waals surface area contributed by atoms with E-state index >= 15 is 0 Å². The van der Waals surface area contributed by atoms with Gasteiger partial charge in [-0.25, -0.2) is 14.8 Å². The van der Waals surface area contributed by atoms with Gasteiger partial charge in [0.2, 0.25) is 5.95 Å². The first-order valence-corrected chi connectivity index (χ1v) is 9.72. The monoisotopic (exact) mass is 359 g/mol. The number of rotatable bonds is 4. The zero-order valence-electron chi connectivity index (χ0n) is 16.0. The summed E-state index contributed by atoms with van der Waals surface area (Å²) < 4.78 is 5.91. The highest BCUT2D eigenvalue weighted by molar-refractivity contribution is 5.75. The molecule has 3 heterocycles. The highest BCUT2D eigenvalue weighted by atomic mass is 16.5. The molecule has 142 valence electrons. The van der Waals surface area contributed by atoms with E-state index in [0.717, 1.165) is 48.3 Å². The molecule has 2 aliphatic heterocycles. The van der Waals surface area contributed by atoms with Crippen molar-refractivity contribution in [1.82, 2.24) is 20.2 Å². The number of aryl methyl sites for hydroxylation is 1. The maximum absolute atomic E-state index is 12.4. The first kappa shape index (κ1) is 17.5. The van der Waals surface area contributed by atoms with E-state index in [1.165, 1.54) is 12.8 Å². The fourth-order valence-electron chi connectivity index (χ4n) is 3.96. The first-order valence-electron chi connectivity index (χ1n) is 9.72. The molecular formula is C19H29N5O2. The lowest BCUT2D eigenvalue weighted by molar-refractivity contribution is 0.0514. The van der Waals surface area contributed by atoms with Crippen LogP contribution in [0.2, 0.25) is 0 Å². The molecular weight excluding hydrogens is 330 g/mol. The summed E-state index contributed by atoms with van der Waals surface area (Å²) >= 11 is 0. The molecule has 1 aromatic rings. The number of nitrogens with zero attached hydrogens (tertiary/aromatic N) is 3. The zero-order chi connectivity index (χ0) is 18.3. The van der Waals surface area contributed by atoms with Crippen LogP contribution in [0, 0.1) is 12.8 Å². The Morgan fingerprint density at radius 2 is 2.19 bits per heavy atom. The molecule has 0 unspecified atom stereocenters.